The first-order chi connectivity index (χ1) is 14.4. The van der Waals surface area contributed by atoms with Crippen molar-refractivity contribution < 1.29 is 9.59 Å². The largest absolute Gasteiger partial charge is 0.342 e. The number of carbonyl (C=O) groups excluding carboxylic acids is 2. The zero-order valence-corrected chi connectivity index (χ0v) is 19.7. The molecule has 0 aliphatic heterocycles. The van der Waals surface area contributed by atoms with Crippen LogP contribution in [0.1, 0.15) is 72.6 Å². The van der Waals surface area contributed by atoms with Crippen LogP contribution in [0.3, 0.4) is 0 Å². The lowest BCUT2D eigenvalue weighted by Gasteiger charge is -2.31. The van der Waals surface area contributed by atoms with Gasteiger partial charge in [0.2, 0.25) is 5.91 Å². The van der Waals surface area contributed by atoms with Gasteiger partial charge >= 0.3 is 0 Å². The summed E-state index contributed by atoms with van der Waals surface area (Å²) in [6.07, 6.45) is 11.8. The molecule has 30 heavy (non-hydrogen) atoms. The Labute approximate surface area is 184 Å². The molecule has 174 valence electrons. The molecule has 0 bridgehead atoms. The second-order valence-electron chi connectivity index (χ2n) is 7.06. The number of ketones is 1. The van der Waals surface area contributed by atoms with E-state index in [2.05, 4.69) is 23.5 Å². The number of Topliss-reactive ketones (excluding diaryl/α,β-unsaturated/α-hetero) is 1. The SMILES string of the molecule is C=CN=CC(=O)CCN.CC=NCC.CCCN(CC)C(=O)[C@@H](N)C1CCCCC1. The number of aliphatic imine (C=N–C) groups is 2. The summed E-state index contributed by atoms with van der Waals surface area (Å²) in [6, 6.07) is -0.258. The Hall–Kier alpha value is -1.86. The van der Waals surface area contributed by atoms with Crippen LogP contribution in [0.4, 0.5) is 0 Å². The Morgan fingerprint density at radius 2 is 1.83 bits per heavy atom. The first-order valence-electron chi connectivity index (χ1n) is 11.3. The molecule has 0 heterocycles. The quantitative estimate of drug-likeness (QED) is 0.524. The summed E-state index contributed by atoms with van der Waals surface area (Å²) in [7, 11) is 0. The average molecular weight is 424 g/mol. The van der Waals surface area contributed by atoms with Crippen LogP contribution < -0.4 is 11.5 Å². The lowest BCUT2D eigenvalue weighted by molar-refractivity contribution is -0.134. The Bertz CT molecular complexity index is 500. The van der Waals surface area contributed by atoms with E-state index >= 15 is 0 Å². The monoisotopic (exact) mass is 423 g/mol. The summed E-state index contributed by atoms with van der Waals surface area (Å²) in [5.41, 5.74) is 11.2. The van der Waals surface area contributed by atoms with Gasteiger partial charge in [0.25, 0.3) is 0 Å². The molecule has 1 aliphatic rings. The Morgan fingerprint density at radius 3 is 2.23 bits per heavy atom. The molecule has 1 saturated carbocycles. The first kappa shape index (κ1) is 30.3. The molecule has 0 aromatic carbocycles. The number of carbonyl (C=O) groups is 2. The van der Waals surface area contributed by atoms with Crippen molar-refractivity contribution in [3.8, 4) is 0 Å². The number of hydrogen-bond donors (Lipinski definition) is 2. The van der Waals surface area contributed by atoms with Gasteiger partial charge in [0.05, 0.1) is 12.3 Å². The third kappa shape index (κ3) is 16.0. The number of amides is 1. The average Bonchev–Trinajstić information content (AvgIpc) is 2.77. The summed E-state index contributed by atoms with van der Waals surface area (Å²) >= 11 is 0. The van der Waals surface area contributed by atoms with Crippen LogP contribution in [0.15, 0.2) is 22.8 Å². The van der Waals surface area contributed by atoms with E-state index in [4.69, 9.17) is 11.5 Å². The van der Waals surface area contributed by atoms with Gasteiger partial charge in [-0.05, 0) is 58.7 Å². The smallest absolute Gasteiger partial charge is 0.239 e. The third-order valence-corrected chi connectivity index (χ3v) is 4.71. The van der Waals surface area contributed by atoms with Gasteiger partial charge in [-0.25, -0.2) is 0 Å². The van der Waals surface area contributed by atoms with Crippen LogP contribution in [0.25, 0.3) is 0 Å². The van der Waals surface area contributed by atoms with Gasteiger partial charge in [0.1, 0.15) is 0 Å². The number of hydrogen-bond acceptors (Lipinski definition) is 6. The maximum atomic E-state index is 12.2. The highest BCUT2D eigenvalue weighted by molar-refractivity contribution is 6.27. The van der Waals surface area contributed by atoms with E-state index < -0.39 is 0 Å². The van der Waals surface area contributed by atoms with Crippen molar-refractivity contribution in [1.82, 2.24) is 4.90 Å². The molecule has 1 rings (SSSR count). The highest BCUT2D eigenvalue weighted by Crippen LogP contribution is 2.26. The molecule has 0 aromatic heterocycles. The topological polar surface area (TPSA) is 114 Å². The molecular weight excluding hydrogens is 378 g/mol. The van der Waals surface area contributed by atoms with Crippen LogP contribution in [0, 0.1) is 5.92 Å². The molecule has 1 amide bonds. The van der Waals surface area contributed by atoms with E-state index in [-0.39, 0.29) is 17.7 Å². The summed E-state index contributed by atoms with van der Waals surface area (Å²) in [4.78, 5) is 32.0. The summed E-state index contributed by atoms with van der Waals surface area (Å²) in [5, 5.41) is 0. The molecule has 0 spiro atoms. The molecule has 0 aromatic rings. The zero-order valence-electron chi connectivity index (χ0n) is 19.7. The van der Waals surface area contributed by atoms with Crippen LogP contribution in [-0.4, -0.2) is 61.2 Å². The van der Waals surface area contributed by atoms with E-state index in [1.54, 1.807) is 6.21 Å². The van der Waals surface area contributed by atoms with Gasteiger partial charge in [0.15, 0.2) is 5.78 Å². The number of nitrogens with two attached hydrogens (primary N) is 2. The van der Waals surface area contributed by atoms with Crippen molar-refractivity contribution in [3.63, 3.8) is 0 Å². The number of likely N-dealkylation sites (N-methyl/N-ethyl adjacent to an activating group) is 1. The van der Waals surface area contributed by atoms with Crippen molar-refractivity contribution in [2.45, 2.75) is 78.7 Å². The van der Waals surface area contributed by atoms with Gasteiger partial charge in [-0.1, -0.05) is 32.8 Å². The summed E-state index contributed by atoms with van der Waals surface area (Å²) < 4.78 is 0. The lowest BCUT2D eigenvalue weighted by atomic mass is 9.84. The standard InChI is InChI=1S/C13H26N2O.C6H10N2O.C4H9N/c1-3-10-15(4-2)13(16)12(14)11-8-6-5-7-9-11;1-2-8-5-6(9)3-4-7;1-3-5-4-2/h11-12H,3-10,14H2,1-2H3;2,5H,1,3-4,7H2;3H,4H2,1-2H3/t12-;;/m0../s1. The van der Waals surface area contributed by atoms with Crippen molar-refractivity contribution in [1.29, 1.82) is 0 Å². The van der Waals surface area contributed by atoms with E-state index in [9.17, 15) is 9.59 Å². The second-order valence-corrected chi connectivity index (χ2v) is 7.06. The van der Waals surface area contributed by atoms with Crippen molar-refractivity contribution >= 4 is 24.1 Å². The minimum atomic E-state index is -0.258. The second kappa shape index (κ2) is 21.8. The Kier molecular flexibility index (Phi) is 22.1. The molecule has 0 unspecified atom stereocenters. The van der Waals surface area contributed by atoms with Crippen LogP contribution in [-0.2, 0) is 9.59 Å². The molecule has 0 saturated heterocycles. The fourth-order valence-corrected chi connectivity index (χ4v) is 3.13. The molecule has 4 N–H and O–H groups in total. The van der Waals surface area contributed by atoms with E-state index in [1.165, 1.54) is 31.7 Å². The third-order valence-electron chi connectivity index (χ3n) is 4.71. The molecule has 1 atom stereocenters. The van der Waals surface area contributed by atoms with E-state index in [0.29, 0.717) is 18.9 Å². The predicted molar refractivity (Wildman–Crippen MR) is 129 cm³/mol. The van der Waals surface area contributed by atoms with Crippen molar-refractivity contribution in [3.05, 3.63) is 12.8 Å². The van der Waals surface area contributed by atoms with Crippen molar-refractivity contribution in [2.75, 3.05) is 26.2 Å². The van der Waals surface area contributed by atoms with E-state index in [0.717, 1.165) is 38.9 Å². The summed E-state index contributed by atoms with van der Waals surface area (Å²) in [6.45, 7) is 14.3. The normalized spacial score (nSPS) is 15.0. The van der Waals surface area contributed by atoms with E-state index in [1.807, 2.05) is 25.7 Å². The molecule has 1 aliphatic carbocycles. The highest BCUT2D eigenvalue weighted by atomic mass is 16.2. The minimum absolute atomic E-state index is 0.0580. The maximum Gasteiger partial charge on any atom is 0.239 e. The number of rotatable bonds is 10. The fourth-order valence-electron chi connectivity index (χ4n) is 3.13. The Morgan fingerprint density at radius 1 is 1.20 bits per heavy atom. The van der Waals surface area contributed by atoms with Crippen molar-refractivity contribution in [2.24, 2.45) is 27.4 Å². The van der Waals surface area contributed by atoms with Gasteiger partial charge in [-0.3, -0.25) is 19.6 Å². The van der Waals surface area contributed by atoms with Crippen LogP contribution >= 0.6 is 0 Å². The molecule has 7 nitrogen and oxygen atoms in total. The van der Waals surface area contributed by atoms with Crippen LogP contribution in [0.2, 0.25) is 0 Å². The maximum absolute atomic E-state index is 12.2. The minimum Gasteiger partial charge on any atom is -0.342 e. The van der Waals surface area contributed by atoms with Gasteiger partial charge < -0.3 is 16.4 Å². The predicted octanol–water partition coefficient (Wildman–Crippen LogP) is 3.37. The number of nitrogens with zero attached hydrogens (tertiary/aromatic N) is 3. The highest BCUT2D eigenvalue weighted by Gasteiger charge is 2.28. The fraction of sp³-hybridized carbons (Fsp3) is 0.739. The zero-order chi connectivity index (χ0) is 23.2. The molecule has 1 fully saturated rings. The Balaban J connectivity index is 0. The van der Waals surface area contributed by atoms with Gasteiger partial charge in [0, 0.05) is 32.3 Å². The molecule has 0 radical (unpaired) electrons. The van der Waals surface area contributed by atoms with Crippen LogP contribution in [0.5, 0.6) is 0 Å². The first-order valence-corrected chi connectivity index (χ1v) is 11.3. The van der Waals surface area contributed by atoms with Gasteiger partial charge in [-0.2, -0.15) is 0 Å². The summed E-state index contributed by atoms with van der Waals surface area (Å²) in [5.74, 6) is 0.529. The molecular formula is C23H45N5O2. The lowest BCUT2D eigenvalue weighted by Crippen LogP contribution is -2.48. The molecule has 7 heteroatoms. The van der Waals surface area contributed by atoms with Gasteiger partial charge in [-0.15, -0.1) is 0 Å².